The summed E-state index contributed by atoms with van der Waals surface area (Å²) in [6.45, 7) is 0.268. The van der Waals surface area contributed by atoms with Crippen molar-refractivity contribution in [2.75, 3.05) is 20.7 Å². The van der Waals surface area contributed by atoms with Gasteiger partial charge >= 0.3 is 5.97 Å². The first-order valence-electron chi connectivity index (χ1n) is 8.74. The number of nitrogens with one attached hydrogen (secondary N) is 1. The van der Waals surface area contributed by atoms with E-state index in [0.29, 0.717) is 17.0 Å². The number of ether oxygens (including phenoxy) is 1. The number of aromatic amines is 1. The molecule has 0 fully saturated rings. The summed E-state index contributed by atoms with van der Waals surface area (Å²) in [5, 5.41) is 1.75. The first kappa shape index (κ1) is 20.4. The second kappa shape index (κ2) is 8.34. The molecule has 0 amide bonds. The number of carbonyl (C=O) groups is 1. The normalized spacial score (nSPS) is 11.9. The van der Waals surface area contributed by atoms with E-state index in [4.69, 9.17) is 16.3 Å². The SMILES string of the molecule is CN(C)S(=O)(=O)c1ccc(C(=O)OCCCc2c[nH]c3ccc(Cl)cc23)cc1. The second-order valence-corrected chi connectivity index (χ2v) is 9.14. The van der Waals surface area contributed by atoms with Gasteiger partial charge in [-0.25, -0.2) is 17.5 Å². The first-order chi connectivity index (χ1) is 13.3. The fourth-order valence-electron chi connectivity index (χ4n) is 2.84. The molecule has 0 atom stereocenters. The van der Waals surface area contributed by atoms with Gasteiger partial charge in [0, 0.05) is 36.2 Å². The molecule has 3 rings (SSSR count). The molecule has 0 saturated carbocycles. The van der Waals surface area contributed by atoms with Crippen molar-refractivity contribution in [3.05, 3.63) is 64.8 Å². The van der Waals surface area contributed by atoms with Gasteiger partial charge in [-0.2, -0.15) is 0 Å². The Hall–Kier alpha value is -2.35. The Kier molecular flexibility index (Phi) is 6.07. The Morgan fingerprint density at radius 1 is 1.14 bits per heavy atom. The lowest BCUT2D eigenvalue weighted by Gasteiger charge is -2.11. The van der Waals surface area contributed by atoms with Crippen molar-refractivity contribution < 1.29 is 17.9 Å². The van der Waals surface area contributed by atoms with Crippen molar-refractivity contribution in [1.29, 1.82) is 0 Å². The van der Waals surface area contributed by atoms with Crippen LogP contribution in [-0.2, 0) is 21.2 Å². The lowest BCUT2D eigenvalue weighted by atomic mass is 10.1. The third-order valence-electron chi connectivity index (χ3n) is 4.42. The van der Waals surface area contributed by atoms with E-state index in [1.165, 1.54) is 38.4 Å². The van der Waals surface area contributed by atoms with Crippen LogP contribution in [0.5, 0.6) is 0 Å². The summed E-state index contributed by atoms with van der Waals surface area (Å²) in [5.74, 6) is -0.476. The van der Waals surface area contributed by atoms with Crippen LogP contribution in [0.25, 0.3) is 10.9 Å². The largest absolute Gasteiger partial charge is 0.462 e. The quantitative estimate of drug-likeness (QED) is 0.465. The number of carbonyl (C=O) groups excluding carboxylic acids is 1. The van der Waals surface area contributed by atoms with Crippen LogP contribution in [0.2, 0.25) is 5.02 Å². The molecule has 0 aliphatic rings. The molecule has 0 aliphatic heterocycles. The van der Waals surface area contributed by atoms with E-state index >= 15 is 0 Å². The molecule has 0 radical (unpaired) electrons. The molecular formula is C20H21ClN2O4S. The van der Waals surface area contributed by atoms with Crippen molar-refractivity contribution in [1.82, 2.24) is 9.29 Å². The maximum atomic E-state index is 12.2. The van der Waals surface area contributed by atoms with Gasteiger partial charge in [0.2, 0.25) is 10.0 Å². The number of H-pyrrole nitrogens is 1. The number of halogens is 1. The Morgan fingerprint density at radius 2 is 1.86 bits per heavy atom. The van der Waals surface area contributed by atoms with Gasteiger partial charge in [0.1, 0.15) is 0 Å². The maximum Gasteiger partial charge on any atom is 0.338 e. The number of hydrogen-bond donors (Lipinski definition) is 1. The lowest BCUT2D eigenvalue weighted by Crippen LogP contribution is -2.22. The zero-order valence-electron chi connectivity index (χ0n) is 15.6. The number of esters is 1. The fourth-order valence-corrected chi connectivity index (χ4v) is 3.92. The number of fused-ring (bicyclic) bond motifs is 1. The molecule has 0 unspecified atom stereocenters. The molecule has 0 aliphatic carbocycles. The Balaban J connectivity index is 1.55. The van der Waals surface area contributed by atoms with E-state index in [2.05, 4.69) is 4.98 Å². The van der Waals surface area contributed by atoms with E-state index in [-0.39, 0.29) is 11.5 Å². The van der Waals surface area contributed by atoms with Gasteiger partial charge in [-0.05, 0) is 60.9 Å². The third kappa shape index (κ3) is 4.38. The molecular weight excluding hydrogens is 400 g/mol. The van der Waals surface area contributed by atoms with Crippen molar-refractivity contribution in [3.8, 4) is 0 Å². The van der Waals surface area contributed by atoms with Crippen molar-refractivity contribution in [3.63, 3.8) is 0 Å². The highest BCUT2D eigenvalue weighted by Crippen LogP contribution is 2.23. The number of aromatic nitrogens is 1. The minimum atomic E-state index is -3.52. The van der Waals surface area contributed by atoms with E-state index in [9.17, 15) is 13.2 Å². The Labute approximate surface area is 169 Å². The maximum absolute atomic E-state index is 12.2. The molecule has 0 bridgehead atoms. The number of nitrogens with zero attached hydrogens (tertiary/aromatic N) is 1. The molecule has 8 heteroatoms. The van der Waals surface area contributed by atoms with E-state index < -0.39 is 16.0 Å². The van der Waals surface area contributed by atoms with Crippen LogP contribution in [0.3, 0.4) is 0 Å². The summed E-state index contributed by atoms with van der Waals surface area (Å²) in [6.07, 6.45) is 3.35. The minimum absolute atomic E-state index is 0.132. The molecule has 1 aromatic heterocycles. The van der Waals surface area contributed by atoms with Crippen LogP contribution >= 0.6 is 11.6 Å². The van der Waals surface area contributed by atoms with E-state index in [1.54, 1.807) is 0 Å². The highest BCUT2D eigenvalue weighted by molar-refractivity contribution is 7.89. The fraction of sp³-hybridized carbons (Fsp3) is 0.250. The topological polar surface area (TPSA) is 79.5 Å². The second-order valence-electron chi connectivity index (χ2n) is 6.56. The first-order valence-corrected chi connectivity index (χ1v) is 10.6. The monoisotopic (exact) mass is 420 g/mol. The summed E-state index contributed by atoms with van der Waals surface area (Å²) in [7, 11) is -0.603. The molecule has 0 spiro atoms. The molecule has 3 aromatic rings. The summed E-state index contributed by atoms with van der Waals surface area (Å²) in [4.78, 5) is 15.5. The Bertz CT molecular complexity index is 1090. The highest BCUT2D eigenvalue weighted by atomic mass is 35.5. The average molecular weight is 421 g/mol. The molecule has 2 aromatic carbocycles. The van der Waals surface area contributed by atoms with E-state index in [0.717, 1.165) is 27.2 Å². The van der Waals surface area contributed by atoms with Crippen molar-refractivity contribution in [2.45, 2.75) is 17.7 Å². The zero-order valence-corrected chi connectivity index (χ0v) is 17.2. The number of benzene rings is 2. The predicted octanol–water partition coefficient (Wildman–Crippen LogP) is 3.86. The van der Waals surface area contributed by atoms with Crippen LogP contribution < -0.4 is 0 Å². The van der Waals surface area contributed by atoms with Gasteiger partial charge in [0.25, 0.3) is 0 Å². The number of aryl methyl sites for hydroxylation is 1. The average Bonchev–Trinajstić information content (AvgIpc) is 3.07. The molecule has 28 heavy (non-hydrogen) atoms. The molecule has 6 nitrogen and oxygen atoms in total. The van der Waals surface area contributed by atoms with E-state index in [1.807, 2.05) is 24.4 Å². The van der Waals surface area contributed by atoms with Gasteiger partial charge in [-0.3, -0.25) is 0 Å². The van der Waals surface area contributed by atoms with Crippen LogP contribution in [0, 0.1) is 0 Å². The zero-order chi connectivity index (χ0) is 20.3. The van der Waals surface area contributed by atoms with Gasteiger partial charge in [0.05, 0.1) is 17.1 Å². The summed E-state index contributed by atoms with van der Waals surface area (Å²) >= 11 is 6.05. The minimum Gasteiger partial charge on any atom is -0.462 e. The smallest absolute Gasteiger partial charge is 0.338 e. The van der Waals surface area contributed by atoms with Crippen LogP contribution in [0.1, 0.15) is 22.3 Å². The molecule has 0 saturated heterocycles. The summed E-state index contributed by atoms with van der Waals surface area (Å²) in [6, 6.07) is 11.4. The van der Waals surface area contributed by atoms with Crippen molar-refractivity contribution >= 4 is 38.5 Å². The standard InChI is InChI=1S/C20H21ClN2O4S/c1-23(2)28(25,26)17-8-5-14(6-9-17)20(24)27-11-3-4-15-13-22-19-10-7-16(21)12-18(15)19/h5-10,12-13,22H,3-4,11H2,1-2H3. The number of rotatable bonds is 7. The van der Waals surface area contributed by atoms with Crippen molar-refractivity contribution in [2.24, 2.45) is 0 Å². The van der Waals surface area contributed by atoms with Crippen LogP contribution in [-0.4, -0.2) is 44.4 Å². The molecule has 1 heterocycles. The van der Waals surface area contributed by atoms with Crippen LogP contribution in [0.15, 0.2) is 53.6 Å². The Morgan fingerprint density at radius 3 is 2.54 bits per heavy atom. The molecule has 148 valence electrons. The van der Waals surface area contributed by atoms with Crippen LogP contribution in [0.4, 0.5) is 0 Å². The lowest BCUT2D eigenvalue weighted by molar-refractivity contribution is 0.0500. The summed E-state index contributed by atoms with van der Waals surface area (Å²) in [5.41, 5.74) is 2.45. The number of hydrogen-bond acceptors (Lipinski definition) is 4. The van der Waals surface area contributed by atoms with Gasteiger partial charge in [-0.1, -0.05) is 11.6 Å². The number of sulfonamides is 1. The molecule has 1 N–H and O–H groups in total. The van der Waals surface area contributed by atoms with Gasteiger partial charge in [-0.15, -0.1) is 0 Å². The highest BCUT2D eigenvalue weighted by Gasteiger charge is 2.17. The predicted molar refractivity (Wildman–Crippen MR) is 109 cm³/mol. The third-order valence-corrected chi connectivity index (χ3v) is 6.49. The van der Waals surface area contributed by atoms with Gasteiger partial charge in [0.15, 0.2) is 0 Å². The van der Waals surface area contributed by atoms with Gasteiger partial charge < -0.3 is 9.72 Å². The summed E-state index contributed by atoms with van der Waals surface area (Å²) < 4.78 is 30.5.